The van der Waals surface area contributed by atoms with Crippen molar-refractivity contribution in [3.63, 3.8) is 0 Å². The second-order valence-electron chi connectivity index (χ2n) is 5.24. The van der Waals surface area contributed by atoms with E-state index >= 15 is 0 Å². The number of thiocarbonyl (C=S) groups is 1. The highest BCUT2D eigenvalue weighted by Gasteiger charge is 2.14. The topological polar surface area (TPSA) is 76.7 Å². The molecule has 142 valence electrons. The number of halogens is 2. The van der Waals surface area contributed by atoms with E-state index in [1.54, 1.807) is 42.5 Å². The smallest absolute Gasteiger partial charge is 0.413 e. The minimum Gasteiger partial charge on any atom is -0.447 e. The van der Waals surface area contributed by atoms with Crippen molar-refractivity contribution in [1.29, 1.82) is 0 Å². The SMILES string of the molecule is COCCOC(=O)NC(=S)Nc1ccc(Cl)c(C(=O)c2ccc(Cl)cc2)c1. The molecule has 0 fully saturated rings. The molecule has 0 aliphatic carbocycles. The summed E-state index contributed by atoms with van der Waals surface area (Å²) in [6.45, 7) is 0.382. The van der Waals surface area contributed by atoms with E-state index in [0.717, 1.165) is 0 Å². The summed E-state index contributed by atoms with van der Waals surface area (Å²) in [5.74, 6) is -0.266. The fourth-order valence-electron chi connectivity index (χ4n) is 2.04. The average molecular weight is 427 g/mol. The van der Waals surface area contributed by atoms with Crippen LogP contribution in [0.3, 0.4) is 0 Å². The van der Waals surface area contributed by atoms with Gasteiger partial charge >= 0.3 is 6.09 Å². The van der Waals surface area contributed by atoms with Gasteiger partial charge < -0.3 is 14.8 Å². The van der Waals surface area contributed by atoms with Crippen molar-refractivity contribution >= 4 is 58.1 Å². The zero-order valence-electron chi connectivity index (χ0n) is 14.3. The first-order valence-corrected chi connectivity index (χ1v) is 8.90. The van der Waals surface area contributed by atoms with E-state index in [-0.39, 0.29) is 29.7 Å². The number of nitrogens with one attached hydrogen (secondary N) is 2. The van der Waals surface area contributed by atoms with Crippen molar-refractivity contribution < 1.29 is 19.1 Å². The van der Waals surface area contributed by atoms with Gasteiger partial charge in [-0.25, -0.2) is 4.79 Å². The van der Waals surface area contributed by atoms with Crippen molar-refractivity contribution in [2.45, 2.75) is 0 Å². The molecule has 0 atom stereocenters. The predicted molar refractivity (Wildman–Crippen MR) is 109 cm³/mol. The van der Waals surface area contributed by atoms with Gasteiger partial charge in [-0.2, -0.15) is 0 Å². The van der Waals surface area contributed by atoms with Crippen LogP contribution in [0.1, 0.15) is 15.9 Å². The molecule has 0 radical (unpaired) electrons. The van der Waals surface area contributed by atoms with Gasteiger partial charge in [-0.15, -0.1) is 0 Å². The Balaban J connectivity index is 2.06. The van der Waals surface area contributed by atoms with Crippen LogP contribution >= 0.6 is 35.4 Å². The van der Waals surface area contributed by atoms with Crippen LogP contribution in [0.2, 0.25) is 10.0 Å². The summed E-state index contributed by atoms with van der Waals surface area (Å²) in [6, 6.07) is 11.2. The Hall–Kier alpha value is -2.19. The number of carbonyl (C=O) groups excluding carboxylic acids is 2. The molecule has 0 spiro atoms. The summed E-state index contributed by atoms with van der Waals surface area (Å²) in [5, 5.41) is 6.00. The average Bonchev–Trinajstić information content (AvgIpc) is 2.63. The molecule has 0 bridgehead atoms. The molecule has 27 heavy (non-hydrogen) atoms. The molecule has 0 aromatic heterocycles. The van der Waals surface area contributed by atoms with Crippen LogP contribution in [0.15, 0.2) is 42.5 Å². The quantitative estimate of drug-likeness (QED) is 0.407. The van der Waals surface area contributed by atoms with Crippen molar-refractivity contribution in [2.75, 3.05) is 25.6 Å². The van der Waals surface area contributed by atoms with Gasteiger partial charge in [-0.05, 0) is 54.7 Å². The van der Waals surface area contributed by atoms with Gasteiger partial charge in [0.05, 0.1) is 11.6 Å². The molecule has 1 amide bonds. The summed E-state index contributed by atoms with van der Waals surface area (Å²) < 4.78 is 9.63. The Morgan fingerprint density at radius 1 is 1.07 bits per heavy atom. The molecule has 2 N–H and O–H groups in total. The molecule has 0 saturated carbocycles. The normalized spacial score (nSPS) is 10.2. The third-order valence-electron chi connectivity index (χ3n) is 3.31. The number of benzene rings is 2. The Morgan fingerprint density at radius 2 is 1.78 bits per heavy atom. The van der Waals surface area contributed by atoms with Crippen LogP contribution in [0.5, 0.6) is 0 Å². The fraction of sp³-hybridized carbons (Fsp3) is 0.167. The van der Waals surface area contributed by atoms with E-state index < -0.39 is 6.09 Å². The van der Waals surface area contributed by atoms with Crippen LogP contribution in [-0.2, 0) is 9.47 Å². The summed E-state index contributed by atoms with van der Waals surface area (Å²) in [5.41, 5.74) is 1.22. The third-order valence-corrected chi connectivity index (χ3v) is 4.10. The number of hydrogen-bond donors (Lipinski definition) is 2. The van der Waals surface area contributed by atoms with Gasteiger partial charge in [0, 0.05) is 28.9 Å². The lowest BCUT2D eigenvalue weighted by Gasteiger charge is -2.12. The summed E-state index contributed by atoms with van der Waals surface area (Å²) in [7, 11) is 1.50. The Bertz CT molecular complexity index is 844. The number of amides is 1. The highest BCUT2D eigenvalue weighted by Crippen LogP contribution is 2.24. The van der Waals surface area contributed by atoms with E-state index in [4.69, 9.17) is 44.9 Å². The van der Waals surface area contributed by atoms with Crippen LogP contribution in [-0.4, -0.2) is 37.3 Å². The minimum atomic E-state index is -0.712. The molecule has 0 aliphatic rings. The van der Waals surface area contributed by atoms with Crippen LogP contribution in [0.25, 0.3) is 0 Å². The maximum atomic E-state index is 12.7. The van der Waals surface area contributed by atoms with Gasteiger partial charge in [0.15, 0.2) is 10.9 Å². The monoisotopic (exact) mass is 426 g/mol. The lowest BCUT2D eigenvalue weighted by molar-refractivity contribution is 0.102. The Morgan fingerprint density at radius 3 is 2.44 bits per heavy atom. The maximum absolute atomic E-state index is 12.7. The molecule has 2 aromatic carbocycles. The molecule has 0 unspecified atom stereocenters. The maximum Gasteiger partial charge on any atom is 0.413 e. The lowest BCUT2D eigenvalue weighted by atomic mass is 10.0. The van der Waals surface area contributed by atoms with E-state index in [0.29, 0.717) is 21.3 Å². The molecule has 0 aliphatic heterocycles. The van der Waals surface area contributed by atoms with Gasteiger partial charge in [0.1, 0.15) is 6.61 Å². The molecule has 2 rings (SSSR count). The Labute approximate surface area is 171 Å². The van der Waals surface area contributed by atoms with Gasteiger partial charge in [0.25, 0.3) is 0 Å². The van der Waals surface area contributed by atoms with Crippen molar-refractivity contribution in [1.82, 2.24) is 5.32 Å². The molecule has 6 nitrogen and oxygen atoms in total. The van der Waals surface area contributed by atoms with Crippen LogP contribution in [0.4, 0.5) is 10.5 Å². The molecule has 0 heterocycles. The molecule has 9 heteroatoms. The third kappa shape index (κ3) is 6.48. The number of methoxy groups -OCH3 is 1. The molecular formula is C18H16Cl2N2O4S. The summed E-state index contributed by atoms with van der Waals surface area (Å²) in [4.78, 5) is 24.2. The zero-order valence-corrected chi connectivity index (χ0v) is 16.6. The van der Waals surface area contributed by atoms with Crippen LogP contribution < -0.4 is 10.6 Å². The number of anilines is 1. The van der Waals surface area contributed by atoms with Crippen molar-refractivity contribution in [2.24, 2.45) is 0 Å². The van der Waals surface area contributed by atoms with Crippen LogP contribution in [0, 0.1) is 0 Å². The lowest BCUT2D eigenvalue weighted by Crippen LogP contribution is -2.35. The molecule has 2 aromatic rings. The number of carbonyl (C=O) groups is 2. The number of ether oxygens (including phenoxy) is 2. The Kier molecular flexibility index (Phi) is 7.99. The van der Waals surface area contributed by atoms with Gasteiger partial charge in [-0.3, -0.25) is 10.1 Å². The predicted octanol–water partition coefficient (Wildman–Crippen LogP) is 4.29. The number of alkyl carbamates (subject to hydrolysis) is 1. The standard InChI is InChI=1S/C18H16Cl2N2O4S/c1-25-8-9-26-18(24)22-17(27)21-13-6-7-15(20)14(10-13)16(23)11-2-4-12(19)5-3-11/h2-7,10H,8-9H2,1H3,(H2,21,22,24,27). The highest BCUT2D eigenvalue weighted by atomic mass is 35.5. The fourth-order valence-corrected chi connectivity index (χ4v) is 2.57. The summed E-state index contributed by atoms with van der Waals surface area (Å²) >= 11 is 17.1. The van der Waals surface area contributed by atoms with E-state index in [2.05, 4.69) is 10.6 Å². The van der Waals surface area contributed by atoms with E-state index in [1.165, 1.54) is 7.11 Å². The zero-order chi connectivity index (χ0) is 19.8. The van der Waals surface area contributed by atoms with E-state index in [1.807, 2.05) is 0 Å². The first kappa shape index (κ1) is 21.1. The first-order valence-electron chi connectivity index (χ1n) is 7.74. The highest BCUT2D eigenvalue weighted by molar-refractivity contribution is 7.80. The largest absolute Gasteiger partial charge is 0.447 e. The number of ketones is 1. The second kappa shape index (κ2) is 10.2. The van der Waals surface area contributed by atoms with Crippen molar-refractivity contribution in [3.8, 4) is 0 Å². The summed E-state index contributed by atoms with van der Waals surface area (Å²) in [6.07, 6.45) is -0.712. The number of hydrogen-bond acceptors (Lipinski definition) is 5. The molecular weight excluding hydrogens is 411 g/mol. The first-order chi connectivity index (χ1) is 12.9. The van der Waals surface area contributed by atoms with E-state index in [9.17, 15) is 9.59 Å². The minimum absolute atomic E-state index is 0.0182. The van der Waals surface area contributed by atoms with Gasteiger partial charge in [0.2, 0.25) is 0 Å². The second-order valence-corrected chi connectivity index (χ2v) is 6.49. The van der Waals surface area contributed by atoms with Crippen molar-refractivity contribution in [3.05, 3.63) is 63.6 Å². The van der Waals surface area contributed by atoms with Gasteiger partial charge in [-0.1, -0.05) is 23.2 Å². The molecule has 0 saturated heterocycles. The number of rotatable bonds is 6.